The van der Waals surface area contributed by atoms with Crippen molar-refractivity contribution in [2.24, 2.45) is 5.73 Å². The predicted molar refractivity (Wildman–Crippen MR) is 46.0 cm³/mol. The van der Waals surface area contributed by atoms with Gasteiger partial charge >= 0.3 is 5.97 Å². The average molecular weight is 186 g/mol. The standard InChI is InChI=1S/C7H10N2O2S/c1-4-3-12-7(9-4)5(8)2-6(10)11/h3,5H,2,8H2,1H3,(H,10,11). The van der Waals surface area contributed by atoms with Gasteiger partial charge in [-0.15, -0.1) is 11.3 Å². The van der Waals surface area contributed by atoms with E-state index in [9.17, 15) is 4.79 Å². The number of nitrogens with two attached hydrogens (primary N) is 1. The van der Waals surface area contributed by atoms with Gasteiger partial charge in [-0.25, -0.2) is 4.98 Å². The molecule has 1 unspecified atom stereocenters. The lowest BCUT2D eigenvalue weighted by molar-refractivity contribution is -0.137. The monoisotopic (exact) mass is 186 g/mol. The molecule has 5 heteroatoms. The third-order valence-electron chi connectivity index (χ3n) is 1.35. The summed E-state index contributed by atoms with van der Waals surface area (Å²) in [4.78, 5) is 14.4. The summed E-state index contributed by atoms with van der Waals surface area (Å²) in [6, 6.07) is -0.471. The van der Waals surface area contributed by atoms with Crippen molar-refractivity contribution in [2.75, 3.05) is 0 Å². The normalized spacial score (nSPS) is 12.8. The number of nitrogens with zero attached hydrogens (tertiary/aromatic N) is 1. The molecule has 0 bridgehead atoms. The van der Waals surface area contributed by atoms with E-state index in [0.29, 0.717) is 5.01 Å². The summed E-state index contributed by atoms with van der Waals surface area (Å²) < 4.78 is 0. The van der Waals surface area contributed by atoms with Crippen LogP contribution < -0.4 is 5.73 Å². The molecule has 0 saturated carbocycles. The fourth-order valence-corrected chi connectivity index (χ4v) is 1.62. The zero-order valence-electron chi connectivity index (χ0n) is 6.65. The molecular weight excluding hydrogens is 176 g/mol. The Morgan fingerprint density at radius 2 is 2.58 bits per heavy atom. The van der Waals surface area contributed by atoms with Gasteiger partial charge in [0.2, 0.25) is 0 Å². The molecular formula is C7H10N2O2S. The second-order valence-corrected chi connectivity index (χ2v) is 3.42. The molecule has 1 atom stereocenters. The highest BCUT2D eigenvalue weighted by Crippen LogP contribution is 2.18. The van der Waals surface area contributed by atoms with Crippen LogP contribution in [0.5, 0.6) is 0 Å². The third kappa shape index (κ3) is 2.28. The average Bonchev–Trinajstić information content (AvgIpc) is 2.34. The van der Waals surface area contributed by atoms with Crippen LogP contribution in [0.3, 0.4) is 0 Å². The van der Waals surface area contributed by atoms with Crippen molar-refractivity contribution in [1.29, 1.82) is 0 Å². The minimum Gasteiger partial charge on any atom is -0.481 e. The topological polar surface area (TPSA) is 76.2 Å². The maximum atomic E-state index is 10.3. The molecule has 0 fully saturated rings. The highest BCUT2D eigenvalue weighted by Gasteiger charge is 2.13. The minimum atomic E-state index is -0.893. The smallest absolute Gasteiger partial charge is 0.305 e. The minimum absolute atomic E-state index is 0.0625. The first-order chi connectivity index (χ1) is 5.59. The Hall–Kier alpha value is -0.940. The molecule has 0 aliphatic rings. The highest BCUT2D eigenvalue weighted by atomic mass is 32.1. The number of rotatable bonds is 3. The molecule has 66 valence electrons. The number of carbonyl (C=O) groups is 1. The van der Waals surface area contributed by atoms with E-state index in [1.54, 1.807) is 0 Å². The SMILES string of the molecule is Cc1csc(C(N)CC(=O)O)n1. The van der Waals surface area contributed by atoms with Gasteiger partial charge < -0.3 is 10.8 Å². The van der Waals surface area contributed by atoms with Gasteiger partial charge in [0.25, 0.3) is 0 Å². The highest BCUT2D eigenvalue weighted by molar-refractivity contribution is 7.09. The Bertz CT molecular complexity index is 285. The van der Waals surface area contributed by atoms with Crippen molar-refractivity contribution in [2.45, 2.75) is 19.4 Å². The summed E-state index contributed by atoms with van der Waals surface area (Å²) in [7, 11) is 0. The van der Waals surface area contributed by atoms with Crippen LogP contribution in [0.2, 0.25) is 0 Å². The van der Waals surface area contributed by atoms with Gasteiger partial charge in [0.15, 0.2) is 0 Å². The number of aryl methyl sites for hydroxylation is 1. The largest absolute Gasteiger partial charge is 0.481 e. The predicted octanol–water partition coefficient (Wildman–Crippen LogP) is 0.926. The lowest BCUT2D eigenvalue weighted by atomic mass is 10.2. The summed E-state index contributed by atoms with van der Waals surface area (Å²) >= 11 is 1.40. The van der Waals surface area contributed by atoms with E-state index in [1.165, 1.54) is 11.3 Å². The van der Waals surface area contributed by atoms with Crippen molar-refractivity contribution < 1.29 is 9.90 Å². The van der Waals surface area contributed by atoms with Crippen molar-refractivity contribution in [3.05, 3.63) is 16.1 Å². The summed E-state index contributed by atoms with van der Waals surface area (Å²) in [5.41, 5.74) is 6.46. The van der Waals surface area contributed by atoms with E-state index in [1.807, 2.05) is 12.3 Å². The van der Waals surface area contributed by atoms with E-state index in [0.717, 1.165) is 5.69 Å². The lowest BCUT2D eigenvalue weighted by Crippen LogP contribution is -2.14. The molecule has 0 radical (unpaired) electrons. The van der Waals surface area contributed by atoms with Crippen LogP contribution >= 0.6 is 11.3 Å². The summed E-state index contributed by atoms with van der Waals surface area (Å²) in [5, 5.41) is 11.0. The van der Waals surface area contributed by atoms with Gasteiger partial charge in [-0.05, 0) is 6.92 Å². The van der Waals surface area contributed by atoms with Crippen molar-refractivity contribution in [3.8, 4) is 0 Å². The molecule has 0 spiro atoms. The fraction of sp³-hybridized carbons (Fsp3) is 0.429. The first-order valence-electron chi connectivity index (χ1n) is 3.49. The molecule has 0 saturated heterocycles. The Morgan fingerprint density at radius 3 is 3.00 bits per heavy atom. The molecule has 0 aromatic carbocycles. The molecule has 1 aromatic rings. The van der Waals surface area contributed by atoms with Crippen molar-refractivity contribution >= 4 is 17.3 Å². The number of hydrogen-bond acceptors (Lipinski definition) is 4. The second kappa shape index (κ2) is 3.64. The molecule has 0 aliphatic carbocycles. The Balaban J connectivity index is 2.64. The van der Waals surface area contributed by atoms with Gasteiger partial charge in [-0.1, -0.05) is 0 Å². The molecule has 4 nitrogen and oxygen atoms in total. The summed E-state index contributed by atoms with van der Waals surface area (Å²) in [6.45, 7) is 1.85. The molecule has 3 N–H and O–H groups in total. The number of carboxylic acid groups (broad SMARTS) is 1. The van der Waals surface area contributed by atoms with E-state index >= 15 is 0 Å². The molecule has 12 heavy (non-hydrogen) atoms. The first-order valence-corrected chi connectivity index (χ1v) is 4.37. The zero-order chi connectivity index (χ0) is 9.14. The Labute approximate surface area is 74.0 Å². The lowest BCUT2D eigenvalue weighted by Gasteiger charge is -2.02. The first kappa shape index (κ1) is 9.15. The third-order valence-corrected chi connectivity index (χ3v) is 2.44. The number of carboxylic acids is 1. The van der Waals surface area contributed by atoms with Crippen LogP contribution in [0.4, 0.5) is 0 Å². The number of aliphatic carboxylic acids is 1. The molecule has 0 aliphatic heterocycles. The van der Waals surface area contributed by atoms with Gasteiger partial charge in [0.05, 0.1) is 12.5 Å². The molecule has 1 rings (SSSR count). The van der Waals surface area contributed by atoms with Crippen LogP contribution in [0.25, 0.3) is 0 Å². The van der Waals surface area contributed by atoms with Gasteiger partial charge in [-0.3, -0.25) is 4.79 Å². The Kier molecular flexibility index (Phi) is 2.78. The molecule has 1 heterocycles. The van der Waals surface area contributed by atoms with Gasteiger partial charge in [0, 0.05) is 11.1 Å². The van der Waals surface area contributed by atoms with Crippen molar-refractivity contribution in [1.82, 2.24) is 4.98 Å². The summed E-state index contributed by atoms with van der Waals surface area (Å²) in [5.74, 6) is -0.893. The van der Waals surface area contributed by atoms with E-state index < -0.39 is 12.0 Å². The van der Waals surface area contributed by atoms with Gasteiger partial charge in [-0.2, -0.15) is 0 Å². The van der Waals surface area contributed by atoms with E-state index in [2.05, 4.69) is 4.98 Å². The molecule has 1 aromatic heterocycles. The van der Waals surface area contributed by atoms with E-state index in [-0.39, 0.29) is 6.42 Å². The fourth-order valence-electron chi connectivity index (χ4n) is 0.818. The Morgan fingerprint density at radius 1 is 1.92 bits per heavy atom. The maximum absolute atomic E-state index is 10.3. The van der Waals surface area contributed by atoms with Crippen LogP contribution in [-0.4, -0.2) is 16.1 Å². The quantitative estimate of drug-likeness (QED) is 0.736. The van der Waals surface area contributed by atoms with Crippen molar-refractivity contribution in [3.63, 3.8) is 0 Å². The van der Waals surface area contributed by atoms with Gasteiger partial charge in [0.1, 0.15) is 5.01 Å². The maximum Gasteiger partial charge on any atom is 0.305 e. The number of thiazole rings is 1. The number of aromatic nitrogens is 1. The van der Waals surface area contributed by atoms with Crippen LogP contribution in [-0.2, 0) is 4.79 Å². The summed E-state index contributed by atoms with van der Waals surface area (Å²) in [6.07, 6.45) is -0.0625. The molecule has 0 amide bonds. The second-order valence-electron chi connectivity index (χ2n) is 2.53. The van der Waals surface area contributed by atoms with Crippen LogP contribution in [0.1, 0.15) is 23.2 Å². The van der Waals surface area contributed by atoms with E-state index in [4.69, 9.17) is 10.8 Å². The zero-order valence-corrected chi connectivity index (χ0v) is 7.47. The number of hydrogen-bond donors (Lipinski definition) is 2. The van der Waals surface area contributed by atoms with Crippen LogP contribution in [0.15, 0.2) is 5.38 Å². The van der Waals surface area contributed by atoms with Crippen LogP contribution in [0, 0.1) is 6.92 Å².